The molecule has 2 saturated heterocycles. The molecule has 2 aliphatic heterocycles. The molecule has 2 aromatic heterocycles. The van der Waals surface area contributed by atoms with Gasteiger partial charge in [0.25, 0.3) is 5.91 Å². The van der Waals surface area contributed by atoms with E-state index in [2.05, 4.69) is 48.9 Å². The molecule has 1 amide bonds. The van der Waals surface area contributed by atoms with Crippen LogP contribution in [0.2, 0.25) is 0 Å². The summed E-state index contributed by atoms with van der Waals surface area (Å²) in [5.74, 6) is -0.104. The molecule has 1 aromatic carbocycles. The highest BCUT2D eigenvalue weighted by Gasteiger charge is 2.20. The van der Waals surface area contributed by atoms with Crippen molar-refractivity contribution in [2.45, 2.75) is 44.7 Å². The first kappa shape index (κ1) is 20.2. The molecular formula is C24H30N6O. The summed E-state index contributed by atoms with van der Waals surface area (Å²) in [7, 11) is 0. The van der Waals surface area contributed by atoms with Crippen LogP contribution in [0.1, 0.15) is 48.2 Å². The van der Waals surface area contributed by atoms with Gasteiger partial charge in [0.1, 0.15) is 0 Å². The van der Waals surface area contributed by atoms with Crippen molar-refractivity contribution < 1.29 is 4.79 Å². The fourth-order valence-electron chi connectivity index (χ4n) is 4.69. The SMILES string of the molecule is O=C(NC1CCNCC1)c1n[nH]c2ccc(-c3cncc(CN4CCCCC4)c3)cc12. The number of carbonyl (C=O) groups excluding carboxylic acids is 1. The van der Waals surface area contributed by atoms with Crippen LogP contribution in [-0.2, 0) is 6.54 Å². The van der Waals surface area contributed by atoms with Gasteiger partial charge in [-0.3, -0.25) is 19.8 Å². The van der Waals surface area contributed by atoms with Crippen molar-refractivity contribution >= 4 is 16.8 Å². The largest absolute Gasteiger partial charge is 0.348 e. The molecule has 0 bridgehead atoms. The highest BCUT2D eigenvalue weighted by molar-refractivity contribution is 6.05. The molecule has 7 nitrogen and oxygen atoms in total. The van der Waals surface area contributed by atoms with Gasteiger partial charge in [0, 0.05) is 35.9 Å². The molecule has 0 radical (unpaired) electrons. The number of nitrogens with zero attached hydrogens (tertiary/aromatic N) is 3. The number of hydrogen-bond acceptors (Lipinski definition) is 5. The molecule has 162 valence electrons. The zero-order valence-corrected chi connectivity index (χ0v) is 17.9. The maximum absolute atomic E-state index is 12.9. The number of piperidine rings is 2. The maximum Gasteiger partial charge on any atom is 0.272 e. The summed E-state index contributed by atoms with van der Waals surface area (Å²) in [4.78, 5) is 19.9. The molecular weight excluding hydrogens is 388 g/mol. The minimum atomic E-state index is -0.104. The zero-order chi connectivity index (χ0) is 21.0. The third kappa shape index (κ3) is 4.62. The Labute approximate surface area is 182 Å². The summed E-state index contributed by atoms with van der Waals surface area (Å²) < 4.78 is 0. The lowest BCUT2D eigenvalue weighted by Crippen LogP contribution is -2.42. The number of H-pyrrole nitrogens is 1. The second kappa shape index (κ2) is 9.16. The average Bonchev–Trinajstić information content (AvgIpc) is 3.24. The van der Waals surface area contributed by atoms with Crippen molar-refractivity contribution in [1.29, 1.82) is 0 Å². The van der Waals surface area contributed by atoms with Crippen LogP contribution in [0.15, 0.2) is 36.7 Å². The molecule has 0 aliphatic carbocycles. The zero-order valence-electron chi connectivity index (χ0n) is 17.9. The van der Waals surface area contributed by atoms with E-state index >= 15 is 0 Å². The van der Waals surface area contributed by atoms with Crippen molar-refractivity contribution in [2.75, 3.05) is 26.2 Å². The maximum atomic E-state index is 12.9. The molecule has 5 rings (SSSR count). The number of rotatable bonds is 5. The number of pyridine rings is 1. The van der Waals surface area contributed by atoms with Crippen molar-refractivity contribution in [2.24, 2.45) is 0 Å². The fraction of sp³-hybridized carbons (Fsp3) is 0.458. The quantitative estimate of drug-likeness (QED) is 0.593. The second-order valence-corrected chi connectivity index (χ2v) is 8.75. The number of aromatic amines is 1. The minimum absolute atomic E-state index is 0.104. The summed E-state index contributed by atoms with van der Waals surface area (Å²) in [5, 5.41) is 14.6. The van der Waals surface area contributed by atoms with Gasteiger partial charge in [0.05, 0.1) is 5.52 Å². The molecule has 0 saturated carbocycles. The van der Waals surface area contributed by atoms with E-state index in [1.54, 1.807) is 0 Å². The third-order valence-electron chi connectivity index (χ3n) is 6.44. The van der Waals surface area contributed by atoms with Gasteiger partial charge in [-0.15, -0.1) is 0 Å². The molecule has 31 heavy (non-hydrogen) atoms. The van der Waals surface area contributed by atoms with Crippen LogP contribution in [0.5, 0.6) is 0 Å². The van der Waals surface area contributed by atoms with Crippen molar-refractivity contribution in [1.82, 2.24) is 30.7 Å². The Bertz CT molecular complexity index is 1050. The van der Waals surface area contributed by atoms with Gasteiger partial charge >= 0.3 is 0 Å². The van der Waals surface area contributed by atoms with Crippen molar-refractivity contribution in [3.63, 3.8) is 0 Å². The summed E-state index contributed by atoms with van der Waals surface area (Å²) in [6, 6.07) is 8.54. The fourth-order valence-corrected chi connectivity index (χ4v) is 4.69. The van der Waals surface area contributed by atoms with Gasteiger partial charge in [0.2, 0.25) is 0 Å². The lowest BCUT2D eigenvalue weighted by Gasteiger charge is -2.26. The highest BCUT2D eigenvalue weighted by Crippen LogP contribution is 2.26. The molecule has 2 aliphatic rings. The van der Waals surface area contributed by atoms with Crippen LogP contribution < -0.4 is 10.6 Å². The number of benzene rings is 1. The Balaban J connectivity index is 1.37. The monoisotopic (exact) mass is 418 g/mol. The van der Waals surface area contributed by atoms with Gasteiger partial charge in [0.15, 0.2) is 5.69 Å². The van der Waals surface area contributed by atoms with E-state index in [-0.39, 0.29) is 11.9 Å². The first-order valence-corrected chi connectivity index (χ1v) is 11.4. The van der Waals surface area contributed by atoms with E-state index in [0.717, 1.165) is 54.5 Å². The molecule has 2 fully saturated rings. The van der Waals surface area contributed by atoms with E-state index in [4.69, 9.17) is 0 Å². The summed E-state index contributed by atoms with van der Waals surface area (Å²) >= 11 is 0. The Hall–Kier alpha value is -2.77. The Morgan fingerprint density at radius 2 is 1.90 bits per heavy atom. The van der Waals surface area contributed by atoms with Gasteiger partial charge in [-0.2, -0.15) is 5.10 Å². The second-order valence-electron chi connectivity index (χ2n) is 8.75. The minimum Gasteiger partial charge on any atom is -0.348 e. The van der Waals surface area contributed by atoms with Crippen LogP contribution in [-0.4, -0.2) is 58.2 Å². The molecule has 3 N–H and O–H groups in total. The van der Waals surface area contributed by atoms with Gasteiger partial charge < -0.3 is 10.6 Å². The first-order valence-electron chi connectivity index (χ1n) is 11.4. The smallest absolute Gasteiger partial charge is 0.272 e. The molecule has 4 heterocycles. The Kier molecular flexibility index (Phi) is 5.95. The van der Waals surface area contributed by atoms with E-state index in [0.29, 0.717) is 5.69 Å². The molecule has 0 spiro atoms. The van der Waals surface area contributed by atoms with Crippen molar-refractivity contribution in [3.05, 3.63) is 47.9 Å². The van der Waals surface area contributed by atoms with Crippen LogP contribution in [0.25, 0.3) is 22.0 Å². The van der Waals surface area contributed by atoms with Gasteiger partial charge in [-0.05, 0) is 81.2 Å². The number of hydrogen-bond donors (Lipinski definition) is 3. The van der Waals surface area contributed by atoms with Gasteiger partial charge in [-0.25, -0.2) is 0 Å². The topological polar surface area (TPSA) is 85.9 Å². The van der Waals surface area contributed by atoms with Crippen LogP contribution in [0.3, 0.4) is 0 Å². The molecule has 3 aromatic rings. The summed E-state index contributed by atoms with van der Waals surface area (Å²) in [5.41, 5.74) is 4.69. The third-order valence-corrected chi connectivity index (χ3v) is 6.44. The summed E-state index contributed by atoms with van der Waals surface area (Å²) in [6.45, 7) is 5.16. The first-order chi connectivity index (χ1) is 15.3. The molecule has 7 heteroatoms. The van der Waals surface area contributed by atoms with Crippen LogP contribution >= 0.6 is 0 Å². The highest BCUT2D eigenvalue weighted by atomic mass is 16.2. The molecule has 0 unspecified atom stereocenters. The van der Waals surface area contributed by atoms with Gasteiger partial charge in [-0.1, -0.05) is 12.5 Å². The normalized spacial score (nSPS) is 18.3. The number of amides is 1. The summed E-state index contributed by atoms with van der Waals surface area (Å²) in [6.07, 6.45) is 9.68. The number of carbonyl (C=O) groups is 1. The number of fused-ring (bicyclic) bond motifs is 1. The number of aromatic nitrogens is 3. The Morgan fingerprint density at radius 3 is 2.74 bits per heavy atom. The van der Waals surface area contributed by atoms with E-state index < -0.39 is 0 Å². The number of nitrogens with one attached hydrogen (secondary N) is 3. The van der Waals surface area contributed by atoms with E-state index in [1.807, 2.05) is 18.5 Å². The number of likely N-dealkylation sites (tertiary alicyclic amines) is 1. The lowest BCUT2D eigenvalue weighted by atomic mass is 10.0. The van der Waals surface area contributed by atoms with E-state index in [1.165, 1.54) is 37.9 Å². The standard InChI is InChI=1S/C24H30N6O/c31-24(27-20-6-8-25-9-7-20)23-21-13-18(4-5-22(21)28-29-23)19-12-17(14-26-15-19)16-30-10-2-1-3-11-30/h4-5,12-15,20,25H,1-3,6-11,16H2,(H,27,31)(H,28,29). The average molecular weight is 419 g/mol. The van der Waals surface area contributed by atoms with E-state index in [9.17, 15) is 4.79 Å². The predicted molar refractivity (Wildman–Crippen MR) is 122 cm³/mol. The molecule has 0 atom stereocenters. The Morgan fingerprint density at radius 1 is 1.06 bits per heavy atom. The predicted octanol–water partition coefficient (Wildman–Crippen LogP) is 3.09. The lowest BCUT2D eigenvalue weighted by molar-refractivity contribution is 0.0926. The van der Waals surface area contributed by atoms with Crippen LogP contribution in [0, 0.1) is 0 Å². The van der Waals surface area contributed by atoms with Crippen LogP contribution in [0.4, 0.5) is 0 Å². The van der Waals surface area contributed by atoms with Crippen molar-refractivity contribution in [3.8, 4) is 11.1 Å².